The van der Waals surface area contributed by atoms with E-state index in [1.165, 1.54) is 42.6 Å². The van der Waals surface area contributed by atoms with Gasteiger partial charge in [0.1, 0.15) is 0 Å². The van der Waals surface area contributed by atoms with E-state index in [1.807, 2.05) is 0 Å². The molecule has 0 spiro atoms. The average Bonchev–Trinajstić information content (AvgIpc) is 2.47. The van der Waals surface area contributed by atoms with E-state index in [-0.39, 0.29) is 0 Å². The standard InChI is InChI=1S/C17H28N2/c1-4-14-9-8-10-15(5-2)17(14)19(3)13-16-11-6-7-12-18-16/h8-10,16,18H,4-7,11-13H2,1-3H3. The predicted molar refractivity (Wildman–Crippen MR) is 84.1 cm³/mol. The topological polar surface area (TPSA) is 15.3 Å². The van der Waals surface area contributed by atoms with E-state index >= 15 is 0 Å². The Hall–Kier alpha value is -1.02. The first-order valence-electron chi connectivity index (χ1n) is 7.81. The van der Waals surface area contributed by atoms with Gasteiger partial charge in [-0.05, 0) is 43.4 Å². The number of hydrogen-bond acceptors (Lipinski definition) is 2. The summed E-state index contributed by atoms with van der Waals surface area (Å²) in [4.78, 5) is 2.47. The zero-order chi connectivity index (χ0) is 13.7. The molecule has 0 aliphatic carbocycles. The van der Waals surface area contributed by atoms with Gasteiger partial charge in [-0.3, -0.25) is 0 Å². The first-order chi connectivity index (χ1) is 9.26. The molecular weight excluding hydrogens is 232 g/mol. The zero-order valence-electron chi connectivity index (χ0n) is 12.7. The smallest absolute Gasteiger partial charge is 0.0429 e. The van der Waals surface area contributed by atoms with Crippen LogP contribution >= 0.6 is 0 Å². The molecule has 1 aliphatic heterocycles. The number of nitrogens with one attached hydrogen (secondary N) is 1. The van der Waals surface area contributed by atoms with E-state index < -0.39 is 0 Å². The van der Waals surface area contributed by atoms with Gasteiger partial charge in [0.2, 0.25) is 0 Å². The summed E-state index contributed by atoms with van der Waals surface area (Å²) >= 11 is 0. The molecule has 2 rings (SSSR count). The Bertz CT molecular complexity index is 372. The van der Waals surface area contributed by atoms with Crippen LogP contribution in [0.4, 0.5) is 5.69 Å². The van der Waals surface area contributed by atoms with Crippen molar-refractivity contribution in [2.45, 2.75) is 52.0 Å². The molecule has 1 unspecified atom stereocenters. The summed E-state index contributed by atoms with van der Waals surface area (Å²) in [5.74, 6) is 0. The maximum atomic E-state index is 3.65. The number of para-hydroxylation sites is 1. The third-order valence-corrected chi connectivity index (χ3v) is 4.25. The lowest BCUT2D eigenvalue weighted by Crippen LogP contribution is -2.42. The highest BCUT2D eigenvalue weighted by molar-refractivity contribution is 5.59. The molecule has 19 heavy (non-hydrogen) atoms. The molecule has 106 valence electrons. The molecule has 1 aromatic rings. The monoisotopic (exact) mass is 260 g/mol. The minimum atomic E-state index is 0.661. The largest absolute Gasteiger partial charge is 0.373 e. The second-order valence-electron chi connectivity index (χ2n) is 5.66. The van der Waals surface area contributed by atoms with Gasteiger partial charge in [-0.2, -0.15) is 0 Å². The van der Waals surface area contributed by atoms with E-state index in [4.69, 9.17) is 0 Å². The van der Waals surface area contributed by atoms with E-state index in [1.54, 1.807) is 0 Å². The quantitative estimate of drug-likeness (QED) is 0.873. The minimum Gasteiger partial charge on any atom is -0.373 e. The van der Waals surface area contributed by atoms with Crippen molar-refractivity contribution in [3.8, 4) is 0 Å². The van der Waals surface area contributed by atoms with Crippen LogP contribution in [0, 0.1) is 0 Å². The average molecular weight is 260 g/mol. The fraction of sp³-hybridized carbons (Fsp3) is 0.647. The molecule has 1 saturated heterocycles. The fourth-order valence-electron chi connectivity index (χ4n) is 3.21. The lowest BCUT2D eigenvalue weighted by atomic mass is 10.00. The van der Waals surface area contributed by atoms with E-state index in [0.717, 1.165) is 19.4 Å². The number of likely N-dealkylation sites (N-methyl/N-ethyl adjacent to an activating group) is 1. The van der Waals surface area contributed by atoms with Gasteiger partial charge in [-0.25, -0.2) is 0 Å². The summed E-state index contributed by atoms with van der Waals surface area (Å²) in [5.41, 5.74) is 4.44. The molecular formula is C17H28N2. The van der Waals surface area contributed by atoms with Crippen molar-refractivity contribution in [3.63, 3.8) is 0 Å². The Morgan fingerprint density at radius 1 is 1.16 bits per heavy atom. The van der Waals surface area contributed by atoms with Gasteiger partial charge in [-0.15, -0.1) is 0 Å². The Labute approximate surface area is 118 Å². The van der Waals surface area contributed by atoms with Gasteiger partial charge in [0.05, 0.1) is 0 Å². The van der Waals surface area contributed by atoms with E-state index in [2.05, 4.69) is 49.3 Å². The maximum Gasteiger partial charge on any atom is 0.0429 e. The molecule has 1 atom stereocenters. The highest BCUT2D eigenvalue weighted by atomic mass is 15.1. The van der Waals surface area contributed by atoms with Crippen LogP contribution < -0.4 is 10.2 Å². The molecule has 1 N–H and O–H groups in total. The molecule has 1 aromatic carbocycles. The lowest BCUT2D eigenvalue weighted by Gasteiger charge is -2.31. The number of piperidine rings is 1. The number of rotatable bonds is 5. The first-order valence-corrected chi connectivity index (χ1v) is 7.81. The summed E-state index contributed by atoms with van der Waals surface area (Å²) < 4.78 is 0. The predicted octanol–water partition coefficient (Wildman–Crippen LogP) is 3.39. The van der Waals surface area contributed by atoms with E-state index in [9.17, 15) is 0 Å². The molecule has 0 radical (unpaired) electrons. The third kappa shape index (κ3) is 3.50. The number of hydrogen-bond donors (Lipinski definition) is 1. The first kappa shape index (κ1) is 14.4. The molecule has 0 saturated carbocycles. The molecule has 0 aromatic heterocycles. The second-order valence-corrected chi connectivity index (χ2v) is 5.66. The van der Waals surface area contributed by atoms with Crippen molar-refractivity contribution in [2.24, 2.45) is 0 Å². The Kier molecular flexibility index (Phi) is 5.26. The Morgan fingerprint density at radius 2 is 1.84 bits per heavy atom. The highest BCUT2D eigenvalue weighted by Crippen LogP contribution is 2.26. The molecule has 2 nitrogen and oxygen atoms in total. The fourth-order valence-corrected chi connectivity index (χ4v) is 3.21. The highest BCUT2D eigenvalue weighted by Gasteiger charge is 2.17. The number of aryl methyl sites for hydroxylation is 2. The van der Waals surface area contributed by atoms with Crippen LogP contribution in [0.3, 0.4) is 0 Å². The van der Waals surface area contributed by atoms with Crippen molar-refractivity contribution >= 4 is 5.69 Å². The normalized spacial score (nSPS) is 19.4. The molecule has 2 heteroatoms. The van der Waals surface area contributed by atoms with Crippen molar-refractivity contribution in [1.29, 1.82) is 0 Å². The Balaban J connectivity index is 2.14. The van der Waals surface area contributed by atoms with Gasteiger partial charge < -0.3 is 10.2 Å². The number of benzene rings is 1. The van der Waals surface area contributed by atoms with Gasteiger partial charge >= 0.3 is 0 Å². The summed E-state index contributed by atoms with van der Waals surface area (Å²) in [6.45, 7) is 6.83. The summed E-state index contributed by atoms with van der Waals surface area (Å²) in [6.07, 6.45) is 6.27. The van der Waals surface area contributed by atoms with Crippen molar-refractivity contribution in [3.05, 3.63) is 29.3 Å². The maximum absolute atomic E-state index is 3.65. The van der Waals surface area contributed by atoms with Gasteiger partial charge in [0.15, 0.2) is 0 Å². The SMILES string of the molecule is CCc1cccc(CC)c1N(C)CC1CCCCN1. The molecule has 1 fully saturated rings. The van der Waals surface area contributed by atoms with Crippen LogP contribution in [0.5, 0.6) is 0 Å². The number of anilines is 1. The van der Waals surface area contributed by atoms with Crippen LogP contribution in [0.25, 0.3) is 0 Å². The zero-order valence-corrected chi connectivity index (χ0v) is 12.7. The number of nitrogens with zero attached hydrogens (tertiary/aromatic N) is 1. The van der Waals surface area contributed by atoms with Gasteiger partial charge in [-0.1, -0.05) is 38.5 Å². The van der Waals surface area contributed by atoms with Crippen LogP contribution in [0.1, 0.15) is 44.2 Å². The van der Waals surface area contributed by atoms with Crippen LogP contribution in [-0.4, -0.2) is 26.2 Å². The van der Waals surface area contributed by atoms with E-state index in [0.29, 0.717) is 6.04 Å². The molecule has 0 amide bonds. The summed E-state index contributed by atoms with van der Waals surface area (Å²) in [6, 6.07) is 7.42. The molecule has 0 bridgehead atoms. The van der Waals surface area contributed by atoms with Crippen LogP contribution in [0.15, 0.2) is 18.2 Å². The third-order valence-electron chi connectivity index (χ3n) is 4.25. The molecule has 1 heterocycles. The minimum absolute atomic E-state index is 0.661. The summed E-state index contributed by atoms with van der Waals surface area (Å²) in [5, 5.41) is 3.65. The Morgan fingerprint density at radius 3 is 2.37 bits per heavy atom. The van der Waals surface area contributed by atoms with Crippen LogP contribution in [0.2, 0.25) is 0 Å². The van der Waals surface area contributed by atoms with Crippen molar-refractivity contribution < 1.29 is 0 Å². The van der Waals surface area contributed by atoms with Crippen molar-refractivity contribution in [1.82, 2.24) is 5.32 Å². The van der Waals surface area contributed by atoms with Crippen molar-refractivity contribution in [2.75, 3.05) is 25.0 Å². The van der Waals surface area contributed by atoms with Gasteiger partial charge in [0, 0.05) is 25.3 Å². The summed E-state index contributed by atoms with van der Waals surface area (Å²) in [7, 11) is 2.25. The molecule has 1 aliphatic rings. The second kappa shape index (κ2) is 6.95. The lowest BCUT2D eigenvalue weighted by molar-refractivity contribution is 0.403. The van der Waals surface area contributed by atoms with Gasteiger partial charge in [0.25, 0.3) is 0 Å². The van der Waals surface area contributed by atoms with Crippen LogP contribution in [-0.2, 0) is 12.8 Å².